The predicted molar refractivity (Wildman–Crippen MR) is 143 cm³/mol. The quantitative estimate of drug-likeness (QED) is 0.225. The Bertz CT molecular complexity index is 1290. The average molecular weight is 656 g/mol. The van der Waals surface area contributed by atoms with Crippen LogP contribution in [0.1, 0.15) is 12.8 Å². The number of aromatic nitrogens is 2. The van der Waals surface area contributed by atoms with E-state index in [4.69, 9.17) is 39.4 Å². The van der Waals surface area contributed by atoms with Gasteiger partial charge in [-0.1, -0.05) is 12.2 Å². The van der Waals surface area contributed by atoms with Crippen molar-refractivity contribution in [3.05, 3.63) is 30.6 Å². The van der Waals surface area contributed by atoms with Gasteiger partial charge >= 0.3 is 13.5 Å². The number of thiol groups is 1. The summed E-state index contributed by atoms with van der Waals surface area (Å²) in [6, 6.07) is 1.59. The van der Waals surface area contributed by atoms with Crippen molar-refractivity contribution in [2.24, 2.45) is 11.8 Å². The lowest BCUT2D eigenvalue weighted by atomic mass is 10.0. The molecule has 41 heavy (non-hydrogen) atoms. The fraction of sp³-hybridized carbons (Fsp3) is 0.667. The number of amides is 1. The average Bonchev–Trinajstić information content (AvgIpc) is 3.55. The third kappa shape index (κ3) is 6.35. The van der Waals surface area contributed by atoms with Gasteiger partial charge in [-0.15, -0.1) is 0 Å². The number of ether oxygens (including phenoxy) is 2. The second-order valence-electron chi connectivity index (χ2n) is 10.1. The van der Waals surface area contributed by atoms with E-state index >= 15 is 0 Å². The SMILES string of the molecule is O=C1NCNC2C1C(F)=CN2[C@@H]1O[C@@H]2COP(O)(=S)O[C@H]3C[C@H](Oc4ccncn4)C[C@@H]3COP(=O)(S)O[C@@H]1[C@@H]2O. The zero-order chi connectivity index (χ0) is 28.9. The number of carbonyl (C=O) groups is 1. The summed E-state index contributed by atoms with van der Waals surface area (Å²) in [4.78, 5) is 32.4. The van der Waals surface area contributed by atoms with Gasteiger partial charge in [-0.25, -0.2) is 18.9 Å². The number of nitrogens with zero attached hydrogens (tertiary/aromatic N) is 3. The summed E-state index contributed by atoms with van der Waals surface area (Å²) in [5.74, 6) is -2.55. The molecule has 20 heteroatoms. The Labute approximate surface area is 244 Å². The fourth-order valence-corrected chi connectivity index (χ4v) is 8.63. The highest BCUT2D eigenvalue weighted by Gasteiger charge is 2.55. The molecule has 1 aliphatic carbocycles. The summed E-state index contributed by atoms with van der Waals surface area (Å²) in [5, 5.41) is 16.6. The standard InChI is InChI=1S/C21H28FN5O10P2S2/c22-12-5-27(19-16(12)20(29)26-9-25-19)21-18-17(28)14(35-21)7-33-38(30,40)36-13-4-11(34-15-1-2-23-8-24-15)3-10(13)6-32-39(31,41)37-18/h1-2,5,8,10-11,13-14,16-19,21,25,28H,3-4,6-7,9H2,(H,26,29)(H,30,40)(H,31,41)/t10-,11-,13+,14-,16?,17-,18-,19?,21-,38?,39?/m1/s1. The number of fused-ring (bicyclic) bond motifs is 4. The minimum Gasteiger partial charge on any atom is -0.474 e. The molecule has 4 aliphatic heterocycles. The zero-order valence-electron chi connectivity index (χ0n) is 21.2. The molecule has 15 nitrogen and oxygen atoms in total. The Morgan fingerprint density at radius 2 is 2.07 bits per heavy atom. The van der Waals surface area contributed by atoms with Gasteiger partial charge in [0.15, 0.2) is 6.23 Å². The molecule has 0 spiro atoms. The van der Waals surface area contributed by atoms with Crippen LogP contribution in [0.25, 0.3) is 0 Å². The maximum Gasteiger partial charge on any atom is 0.386 e. The molecule has 3 saturated heterocycles. The first-order chi connectivity index (χ1) is 19.5. The molecular formula is C21H28FN5O10P2S2. The van der Waals surface area contributed by atoms with Gasteiger partial charge in [-0.2, -0.15) is 0 Å². The first-order valence-electron chi connectivity index (χ1n) is 12.7. The third-order valence-corrected chi connectivity index (χ3v) is 10.7. The summed E-state index contributed by atoms with van der Waals surface area (Å²) in [6.45, 7) is -8.60. The molecule has 1 aromatic heterocycles. The van der Waals surface area contributed by atoms with Gasteiger partial charge in [-0.3, -0.25) is 14.6 Å². The van der Waals surface area contributed by atoms with E-state index in [1.165, 1.54) is 17.4 Å². The van der Waals surface area contributed by atoms with E-state index in [9.17, 15) is 23.7 Å². The van der Waals surface area contributed by atoms with Gasteiger partial charge < -0.3 is 43.3 Å². The minimum atomic E-state index is -4.17. The lowest BCUT2D eigenvalue weighted by Crippen LogP contribution is -2.61. The maximum atomic E-state index is 14.8. The number of hydrogen-bond acceptors (Lipinski definition) is 14. The van der Waals surface area contributed by atoms with Gasteiger partial charge in [0.25, 0.3) is 0 Å². The van der Waals surface area contributed by atoms with Gasteiger partial charge in [-0.05, 0) is 18.2 Å². The molecule has 0 aromatic carbocycles. The monoisotopic (exact) mass is 655 g/mol. The Morgan fingerprint density at radius 1 is 1.24 bits per heavy atom. The number of aliphatic hydroxyl groups excluding tert-OH is 1. The van der Waals surface area contributed by atoms with Crippen LogP contribution in [0.5, 0.6) is 5.88 Å². The highest BCUT2D eigenvalue weighted by atomic mass is 32.7. The van der Waals surface area contributed by atoms with Crippen LogP contribution in [0.15, 0.2) is 30.6 Å². The molecule has 0 radical (unpaired) electrons. The Balaban J connectivity index is 1.23. The zero-order valence-corrected chi connectivity index (χ0v) is 24.7. The lowest BCUT2D eigenvalue weighted by molar-refractivity contribution is -0.133. The summed E-state index contributed by atoms with van der Waals surface area (Å²) in [5.41, 5.74) is 0. The van der Waals surface area contributed by atoms with Crippen molar-refractivity contribution < 1.29 is 51.3 Å². The van der Waals surface area contributed by atoms with Crippen molar-refractivity contribution in [2.75, 3.05) is 19.9 Å². The van der Waals surface area contributed by atoms with Crippen LogP contribution in [-0.2, 0) is 44.0 Å². The van der Waals surface area contributed by atoms with Crippen LogP contribution in [0.2, 0.25) is 0 Å². The smallest absolute Gasteiger partial charge is 0.386 e. The van der Waals surface area contributed by atoms with E-state index < -0.39 is 86.6 Å². The van der Waals surface area contributed by atoms with E-state index in [0.717, 1.165) is 6.20 Å². The fourth-order valence-electron chi connectivity index (χ4n) is 5.61. The molecule has 6 rings (SSSR count). The van der Waals surface area contributed by atoms with Crippen LogP contribution >= 0.6 is 25.8 Å². The Morgan fingerprint density at radius 3 is 2.85 bits per heavy atom. The van der Waals surface area contributed by atoms with E-state index in [1.54, 1.807) is 6.07 Å². The van der Waals surface area contributed by atoms with Crippen molar-refractivity contribution >= 4 is 43.5 Å². The maximum absolute atomic E-state index is 14.8. The number of halogens is 1. The molecular weight excluding hydrogens is 627 g/mol. The minimum absolute atomic E-state index is 0.0639. The molecule has 2 bridgehead atoms. The molecule has 5 aliphatic rings. The molecule has 1 aromatic rings. The third-order valence-electron chi connectivity index (χ3n) is 7.48. The number of aliphatic hydroxyl groups is 1. The Kier molecular flexibility index (Phi) is 8.48. The molecule has 5 heterocycles. The van der Waals surface area contributed by atoms with E-state index in [0.29, 0.717) is 18.7 Å². The summed E-state index contributed by atoms with van der Waals surface area (Å²) >= 11 is 9.37. The molecule has 1 saturated carbocycles. The van der Waals surface area contributed by atoms with Crippen LogP contribution < -0.4 is 15.4 Å². The van der Waals surface area contributed by atoms with Crippen LogP contribution in [-0.4, -0.2) is 93.6 Å². The second kappa shape index (κ2) is 11.7. The summed E-state index contributed by atoms with van der Waals surface area (Å²) in [6.07, 6.45) is -2.64. The van der Waals surface area contributed by atoms with Gasteiger partial charge in [0.2, 0.25) is 11.8 Å². The second-order valence-corrected chi connectivity index (χ2v) is 15.8. The lowest BCUT2D eigenvalue weighted by Gasteiger charge is -2.38. The molecule has 1 amide bonds. The molecule has 226 valence electrons. The number of nitrogens with one attached hydrogen (secondary N) is 2. The molecule has 4 unspecified atom stereocenters. The van der Waals surface area contributed by atoms with Crippen LogP contribution in [0.3, 0.4) is 0 Å². The first-order valence-corrected chi connectivity index (χ1v) is 18.0. The van der Waals surface area contributed by atoms with Crippen LogP contribution in [0.4, 0.5) is 4.39 Å². The van der Waals surface area contributed by atoms with Crippen LogP contribution in [0, 0.1) is 11.8 Å². The number of carbonyl (C=O) groups excluding carboxylic acids is 1. The molecule has 4 N–H and O–H groups in total. The topological polar surface area (TPSA) is 183 Å². The van der Waals surface area contributed by atoms with Crippen molar-refractivity contribution in [2.45, 2.75) is 55.8 Å². The Hall–Kier alpha value is -1.27. The van der Waals surface area contributed by atoms with Gasteiger partial charge in [0, 0.05) is 30.8 Å². The van der Waals surface area contributed by atoms with Crippen molar-refractivity contribution in [3.63, 3.8) is 0 Å². The van der Waals surface area contributed by atoms with E-state index in [1.807, 2.05) is 0 Å². The highest BCUT2D eigenvalue weighted by Crippen LogP contribution is 2.58. The van der Waals surface area contributed by atoms with Gasteiger partial charge in [0.1, 0.15) is 48.7 Å². The van der Waals surface area contributed by atoms with E-state index in [-0.39, 0.29) is 13.3 Å². The number of rotatable bonds is 3. The first kappa shape index (κ1) is 29.8. The normalized spacial score (nSPS) is 45.0. The molecule has 4 fully saturated rings. The largest absolute Gasteiger partial charge is 0.474 e. The van der Waals surface area contributed by atoms with Gasteiger partial charge in [0.05, 0.1) is 26.0 Å². The predicted octanol–water partition coefficient (Wildman–Crippen LogP) is 0.537. The van der Waals surface area contributed by atoms with Crippen molar-refractivity contribution in [1.29, 1.82) is 0 Å². The van der Waals surface area contributed by atoms with Crippen molar-refractivity contribution in [1.82, 2.24) is 25.5 Å². The highest BCUT2D eigenvalue weighted by molar-refractivity contribution is 8.44. The van der Waals surface area contributed by atoms with E-state index in [2.05, 4.69) is 32.9 Å². The molecule has 11 atom stereocenters. The summed E-state index contributed by atoms with van der Waals surface area (Å²) < 4.78 is 62.8. The summed E-state index contributed by atoms with van der Waals surface area (Å²) in [7, 11) is 0. The number of hydrogen-bond donors (Lipinski definition) is 5. The van der Waals surface area contributed by atoms with Crippen molar-refractivity contribution in [3.8, 4) is 5.88 Å².